The maximum Gasteiger partial charge on any atom is 0.344 e. The number of methoxy groups -OCH3 is 1. The van der Waals surface area contributed by atoms with Gasteiger partial charge in [-0.05, 0) is 12.1 Å². The predicted molar refractivity (Wildman–Crippen MR) is 55.0 cm³/mol. The highest BCUT2D eigenvalue weighted by Gasteiger charge is 2.12. The first-order valence-corrected chi connectivity index (χ1v) is 4.58. The predicted octanol–water partition coefficient (Wildman–Crippen LogP) is 1.37. The van der Waals surface area contributed by atoms with Crippen LogP contribution in [0.2, 0.25) is 0 Å². The number of hydrogen-bond donors (Lipinski definition) is 0. The van der Waals surface area contributed by atoms with Gasteiger partial charge in [0.15, 0.2) is 0 Å². The fraction of sp³-hybridized carbons (Fsp3) is 0.273. The molecule has 0 aliphatic heterocycles. The van der Waals surface area contributed by atoms with E-state index < -0.39 is 18.7 Å². The Morgan fingerprint density at radius 2 is 1.88 bits per heavy atom. The average molecular weight is 224 g/mol. The van der Waals surface area contributed by atoms with Gasteiger partial charge in [0.05, 0.1) is 7.11 Å². The minimum absolute atomic E-state index is 0.289. The number of para-hydroxylation sites is 1. The van der Waals surface area contributed by atoms with Crippen molar-refractivity contribution in [3.05, 3.63) is 29.8 Å². The molecule has 0 saturated heterocycles. The highest BCUT2D eigenvalue weighted by Crippen LogP contribution is 2.17. The van der Waals surface area contributed by atoms with Gasteiger partial charge in [-0.15, -0.1) is 0 Å². The Hall–Kier alpha value is -2.04. The summed E-state index contributed by atoms with van der Waals surface area (Å²) in [5.41, 5.74) is 0.289. The number of carbonyl (C=O) groups is 2. The molecule has 0 aromatic heterocycles. The van der Waals surface area contributed by atoms with E-state index in [1.807, 2.05) is 0 Å². The lowest BCUT2D eigenvalue weighted by Crippen LogP contribution is -2.11. The normalized spacial score (nSPS) is 9.38. The molecule has 0 fully saturated rings. The molecule has 0 aliphatic rings. The summed E-state index contributed by atoms with van der Waals surface area (Å²) in [5, 5.41) is 0. The van der Waals surface area contributed by atoms with Crippen LogP contribution in [0.25, 0.3) is 0 Å². The first kappa shape index (κ1) is 12.0. The van der Waals surface area contributed by atoms with Gasteiger partial charge in [-0.3, -0.25) is 4.79 Å². The molecule has 0 atom stereocenters. The second kappa shape index (κ2) is 5.75. The van der Waals surface area contributed by atoms with Gasteiger partial charge < -0.3 is 14.2 Å². The number of rotatable bonds is 4. The third-order valence-electron chi connectivity index (χ3n) is 1.78. The summed E-state index contributed by atoms with van der Waals surface area (Å²) in [6.07, 6.45) is 0. The first-order valence-electron chi connectivity index (χ1n) is 4.58. The van der Waals surface area contributed by atoms with Crippen molar-refractivity contribution < 1.29 is 23.8 Å². The molecule has 1 aromatic carbocycles. The summed E-state index contributed by atoms with van der Waals surface area (Å²) in [5.74, 6) is -0.693. The maximum atomic E-state index is 11.5. The minimum atomic E-state index is -0.598. The SMILES string of the molecule is COc1ccccc1C(=O)OCOC(C)=O. The maximum absolute atomic E-state index is 11.5. The molecule has 0 aliphatic carbocycles. The van der Waals surface area contributed by atoms with E-state index in [2.05, 4.69) is 4.74 Å². The van der Waals surface area contributed by atoms with Gasteiger partial charge in [0.2, 0.25) is 6.79 Å². The molecular formula is C11H12O5. The summed E-state index contributed by atoms with van der Waals surface area (Å²) in [6, 6.07) is 6.63. The Morgan fingerprint density at radius 1 is 1.19 bits per heavy atom. The topological polar surface area (TPSA) is 61.8 Å². The van der Waals surface area contributed by atoms with Gasteiger partial charge in [-0.25, -0.2) is 4.79 Å². The van der Waals surface area contributed by atoms with Gasteiger partial charge in [0.25, 0.3) is 0 Å². The van der Waals surface area contributed by atoms with Crippen LogP contribution >= 0.6 is 0 Å². The molecule has 0 radical (unpaired) electrons. The zero-order valence-electron chi connectivity index (χ0n) is 9.06. The summed E-state index contributed by atoms with van der Waals surface area (Å²) in [7, 11) is 1.46. The zero-order chi connectivity index (χ0) is 12.0. The molecule has 1 aromatic rings. The van der Waals surface area contributed by atoms with Gasteiger partial charge >= 0.3 is 11.9 Å². The van der Waals surface area contributed by atoms with E-state index in [1.165, 1.54) is 14.0 Å². The monoisotopic (exact) mass is 224 g/mol. The van der Waals surface area contributed by atoms with Gasteiger partial charge in [-0.2, -0.15) is 0 Å². The van der Waals surface area contributed by atoms with Crippen molar-refractivity contribution in [2.24, 2.45) is 0 Å². The van der Waals surface area contributed by atoms with Crippen LogP contribution in [0.3, 0.4) is 0 Å². The molecular weight excluding hydrogens is 212 g/mol. The van der Waals surface area contributed by atoms with Crippen LogP contribution in [-0.4, -0.2) is 25.8 Å². The van der Waals surface area contributed by atoms with Crippen molar-refractivity contribution in [3.8, 4) is 5.75 Å². The fourth-order valence-electron chi connectivity index (χ4n) is 1.06. The number of ether oxygens (including phenoxy) is 3. The van der Waals surface area contributed by atoms with E-state index in [0.29, 0.717) is 5.75 Å². The van der Waals surface area contributed by atoms with Crippen LogP contribution < -0.4 is 4.74 Å². The number of hydrogen-bond acceptors (Lipinski definition) is 5. The van der Waals surface area contributed by atoms with E-state index >= 15 is 0 Å². The van der Waals surface area contributed by atoms with E-state index in [9.17, 15) is 9.59 Å². The van der Waals surface area contributed by atoms with Crippen LogP contribution in [0.5, 0.6) is 5.75 Å². The summed E-state index contributed by atoms with van der Waals surface area (Å²) >= 11 is 0. The van der Waals surface area contributed by atoms with E-state index in [0.717, 1.165) is 0 Å². The molecule has 86 valence electrons. The van der Waals surface area contributed by atoms with Crippen molar-refractivity contribution in [1.29, 1.82) is 0 Å². The number of carbonyl (C=O) groups excluding carboxylic acids is 2. The van der Waals surface area contributed by atoms with Gasteiger partial charge in [-0.1, -0.05) is 12.1 Å². The Kier molecular flexibility index (Phi) is 4.32. The highest BCUT2D eigenvalue weighted by molar-refractivity contribution is 5.92. The largest absolute Gasteiger partial charge is 0.496 e. The van der Waals surface area contributed by atoms with Crippen molar-refractivity contribution in [2.45, 2.75) is 6.92 Å². The van der Waals surface area contributed by atoms with Crippen molar-refractivity contribution in [3.63, 3.8) is 0 Å². The molecule has 0 bridgehead atoms. The average Bonchev–Trinajstić information content (AvgIpc) is 2.28. The lowest BCUT2D eigenvalue weighted by Gasteiger charge is -2.07. The molecule has 5 nitrogen and oxygen atoms in total. The molecule has 0 spiro atoms. The summed E-state index contributed by atoms with van der Waals surface area (Å²) in [6.45, 7) is 0.836. The van der Waals surface area contributed by atoms with Crippen LogP contribution in [0.15, 0.2) is 24.3 Å². The Bertz CT molecular complexity index is 386. The molecule has 0 saturated carbocycles. The van der Waals surface area contributed by atoms with Crippen molar-refractivity contribution in [2.75, 3.05) is 13.9 Å². The zero-order valence-corrected chi connectivity index (χ0v) is 9.06. The summed E-state index contributed by atoms with van der Waals surface area (Å²) < 4.78 is 14.2. The van der Waals surface area contributed by atoms with E-state index in [-0.39, 0.29) is 5.56 Å². The Labute approximate surface area is 92.9 Å². The first-order chi connectivity index (χ1) is 7.65. The number of benzene rings is 1. The summed E-state index contributed by atoms with van der Waals surface area (Å²) in [4.78, 5) is 22.0. The minimum Gasteiger partial charge on any atom is -0.496 e. The smallest absolute Gasteiger partial charge is 0.344 e. The highest BCUT2D eigenvalue weighted by atomic mass is 16.7. The van der Waals surface area contributed by atoms with Crippen molar-refractivity contribution in [1.82, 2.24) is 0 Å². The third-order valence-corrected chi connectivity index (χ3v) is 1.78. The lowest BCUT2D eigenvalue weighted by molar-refractivity contribution is -0.149. The van der Waals surface area contributed by atoms with Gasteiger partial charge in [0.1, 0.15) is 11.3 Å². The van der Waals surface area contributed by atoms with E-state index in [4.69, 9.17) is 9.47 Å². The number of esters is 2. The molecule has 1 rings (SSSR count). The van der Waals surface area contributed by atoms with Crippen LogP contribution in [0, 0.1) is 0 Å². The molecule has 0 N–H and O–H groups in total. The fourth-order valence-corrected chi connectivity index (χ4v) is 1.06. The Morgan fingerprint density at radius 3 is 2.50 bits per heavy atom. The quantitative estimate of drug-likeness (QED) is 0.571. The Balaban J connectivity index is 2.62. The van der Waals surface area contributed by atoms with Crippen molar-refractivity contribution >= 4 is 11.9 Å². The molecule has 16 heavy (non-hydrogen) atoms. The lowest BCUT2D eigenvalue weighted by atomic mass is 10.2. The van der Waals surface area contributed by atoms with E-state index in [1.54, 1.807) is 24.3 Å². The molecule has 0 amide bonds. The second-order valence-electron chi connectivity index (χ2n) is 2.89. The molecule has 0 heterocycles. The standard InChI is InChI=1S/C11H12O5/c1-8(12)15-7-16-11(13)9-5-3-4-6-10(9)14-2/h3-6H,7H2,1-2H3. The van der Waals surface area contributed by atoms with Gasteiger partial charge in [0, 0.05) is 6.92 Å². The third kappa shape index (κ3) is 3.27. The van der Waals surface area contributed by atoms with Crippen LogP contribution in [-0.2, 0) is 14.3 Å². The van der Waals surface area contributed by atoms with Crippen LogP contribution in [0.1, 0.15) is 17.3 Å². The molecule has 5 heteroatoms. The second-order valence-corrected chi connectivity index (χ2v) is 2.89. The van der Waals surface area contributed by atoms with Crippen LogP contribution in [0.4, 0.5) is 0 Å². The molecule has 0 unspecified atom stereocenters.